The largest absolute Gasteiger partial charge is 0.465 e. The van der Waals surface area contributed by atoms with Crippen LogP contribution in [0.4, 0.5) is 0 Å². The quantitative estimate of drug-likeness (QED) is 0.297. The van der Waals surface area contributed by atoms with Crippen LogP contribution in [0.5, 0.6) is 0 Å². The number of rotatable bonds is 4. The average Bonchev–Trinajstić information content (AvgIpc) is 2.76. The fraction of sp³-hybridized carbons (Fsp3) is 0.0870. The third-order valence-corrected chi connectivity index (χ3v) is 4.63. The van der Waals surface area contributed by atoms with Gasteiger partial charge < -0.3 is 13.9 Å². The maximum absolute atomic E-state index is 12.6. The minimum absolute atomic E-state index is 0.0940. The molecule has 4 aromatic rings. The highest BCUT2D eigenvalue weighted by Crippen LogP contribution is 2.28. The van der Waals surface area contributed by atoms with Gasteiger partial charge in [0.05, 0.1) is 18.2 Å². The minimum Gasteiger partial charge on any atom is -0.465 e. The van der Waals surface area contributed by atoms with Gasteiger partial charge in [0, 0.05) is 17.0 Å². The lowest BCUT2D eigenvalue weighted by Crippen LogP contribution is -2.13. The second-order valence-electron chi connectivity index (χ2n) is 6.36. The van der Waals surface area contributed by atoms with Crippen LogP contribution in [0.3, 0.4) is 0 Å². The van der Waals surface area contributed by atoms with Crippen molar-refractivity contribution in [1.82, 2.24) is 0 Å². The highest BCUT2D eigenvalue weighted by Gasteiger charge is 2.19. The van der Waals surface area contributed by atoms with Crippen molar-refractivity contribution in [3.63, 3.8) is 0 Å². The van der Waals surface area contributed by atoms with Gasteiger partial charge in [0.25, 0.3) is 0 Å². The number of esters is 2. The molecule has 0 amide bonds. The van der Waals surface area contributed by atoms with E-state index in [-0.39, 0.29) is 17.7 Å². The number of fused-ring (bicyclic) bond motifs is 3. The fourth-order valence-corrected chi connectivity index (χ4v) is 3.30. The molecule has 3 aromatic carbocycles. The SMILES string of the molecule is COC(=O)c1ccccc1C(=O)OCc1cc(=O)oc2ccc3ccccc3c12. The van der Waals surface area contributed by atoms with Crippen LogP contribution in [0.1, 0.15) is 26.3 Å². The van der Waals surface area contributed by atoms with Crippen LogP contribution in [-0.4, -0.2) is 19.0 Å². The zero-order valence-electron chi connectivity index (χ0n) is 15.5. The summed E-state index contributed by atoms with van der Waals surface area (Å²) in [5.41, 5.74) is 0.613. The molecule has 6 nitrogen and oxygen atoms in total. The summed E-state index contributed by atoms with van der Waals surface area (Å²) in [5, 5.41) is 2.56. The highest BCUT2D eigenvalue weighted by molar-refractivity contribution is 6.07. The number of carbonyl (C=O) groups is 2. The lowest BCUT2D eigenvalue weighted by atomic mass is 10.0. The molecular formula is C23H16O6. The van der Waals surface area contributed by atoms with Gasteiger partial charge in [0.1, 0.15) is 12.2 Å². The summed E-state index contributed by atoms with van der Waals surface area (Å²) >= 11 is 0. The van der Waals surface area contributed by atoms with Crippen LogP contribution in [0.2, 0.25) is 0 Å². The molecule has 0 aliphatic heterocycles. The molecule has 0 bridgehead atoms. The number of hydrogen-bond acceptors (Lipinski definition) is 6. The van der Waals surface area contributed by atoms with Crippen molar-refractivity contribution < 1.29 is 23.5 Å². The van der Waals surface area contributed by atoms with Crippen LogP contribution in [0, 0.1) is 0 Å². The molecule has 0 saturated heterocycles. The molecule has 0 N–H and O–H groups in total. The van der Waals surface area contributed by atoms with E-state index < -0.39 is 17.6 Å². The fourth-order valence-electron chi connectivity index (χ4n) is 3.30. The first-order valence-electron chi connectivity index (χ1n) is 8.87. The molecule has 0 radical (unpaired) electrons. The Balaban J connectivity index is 1.72. The molecule has 144 valence electrons. The van der Waals surface area contributed by atoms with E-state index in [1.54, 1.807) is 18.2 Å². The average molecular weight is 388 g/mol. The van der Waals surface area contributed by atoms with Crippen LogP contribution in [-0.2, 0) is 16.1 Å². The maximum Gasteiger partial charge on any atom is 0.339 e. The van der Waals surface area contributed by atoms with E-state index in [1.807, 2.05) is 30.3 Å². The Morgan fingerprint density at radius 3 is 2.34 bits per heavy atom. The molecule has 0 aliphatic rings. The molecule has 1 heterocycles. The van der Waals surface area contributed by atoms with E-state index in [0.717, 1.165) is 10.8 Å². The Morgan fingerprint density at radius 2 is 1.59 bits per heavy atom. The van der Waals surface area contributed by atoms with Crippen LogP contribution in [0.25, 0.3) is 21.7 Å². The molecule has 0 unspecified atom stereocenters. The number of ether oxygens (including phenoxy) is 2. The normalized spacial score (nSPS) is 10.8. The topological polar surface area (TPSA) is 82.8 Å². The van der Waals surface area contributed by atoms with Gasteiger partial charge in [-0.1, -0.05) is 42.5 Å². The Bertz CT molecular complexity index is 1300. The third-order valence-electron chi connectivity index (χ3n) is 4.63. The van der Waals surface area contributed by atoms with Crippen LogP contribution >= 0.6 is 0 Å². The Kier molecular flexibility index (Phi) is 4.83. The second kappa shape index (κ2) is 7.59. The van der Waals surface area contributed by atoms with Crippen molar-refractivity contribution in [1.29, 1.82) is 0 Å². The van der Waals surface area contributed by atoms with Gasteiger partial charge >= 0.3 is 17.6 Å². The molecule has 0 atom stereocenters. The summed E-state index contributed by atoms with van der Waals surface area (Å²) in [6.45, 7) is -0.148. The first kappa shape index (κ1) is 18.4. The van der Waals surface area contributed by atoms with E-state index >= 15 is 0 Å². The van der Waals surface area contributed by atoms with Gasteiger partial charge in [-0.3, -0.25) is 0 Å². The highest BCUT2D eigenvalue weighted by atomic mass is 16.5. The van der Waals surface area contributed by atoms with E-state index in [4.69, 9.17) is 13.9 Å². The van der Waals surface area contributed by atoms with E-state index in [1.165, 1.54) is 25.3 Å². The molecule has 0 spiro atoms. The van der Waals surface area contributed by atoms with Crippen molar-refractivity contribution in [2.75, 3.05) is 7.11 Å². The summed E-state index contributed by atoms with van der Waals surface area (Å²) in [5.74, 6) is -1.32. The molecule has 1 aromatic heterocycles. The smallest absolute Gasteiger partial charge is 0.339 e. The predicted octanol–water partition coefficient (Wildman–Crippen LogP) is 4.09. The summed E-state index contributed by atoms with van der Waals surface area (Å²) in [4.78, 5) is 36.5. The summed E-state index contributed by atoms with van der Waals surface area (Å²) in [6, 6.07) is 18.8. The molecule has 0 fully saturated rings. The van der Waals surface area contributed by atoms with E-state index in [0.29, 0.717) is 16.5 Å². The third kappa shape index (κ3) is 3.48. The van der Waals surface area contributed by atoms with Crippen LogP contribution in [0.15, 0.2) is 75.9 Å². The van der Waals surface area contributed by atoms with Crippen molar-refractivity contribution in [2.45, 2.75) is 6.61 Å². The van der Waals surface area contributed by atoms with Gasteiger partial charge in [0.15, 0.2) is 0 Å². The molecule has 6 heteroatoms. The van der Waals surface area contributed by atoms with Gasteiger partial charge in [-0.05, 0) is 29.0 Å². The Morgan fingerprint density at radius 1 is 0.897 bits per heavy atom. The second-order valence-corrected chi connectivity index (χ2v) is 6.36. The number of methoxy groups -OCH3 is 1. The van der Waals surface area contributed by atoms with Gasteiger partial charge in [-0.25, -0.2) is 14.4 Å². The van der Waals surface area contributed by atoms with E-state index in [9.17, 15) is 14.4 Å². The first-order chi connectivity index (χ1) is 14.1. The van der Waals surface area contributed by atoms with Gasteiger partial charge in [-0.2, -0.15) is 0 Å². The molecule has 0 aliphatic carbocycles. The molecule has 29 heavy (non-hydrogen) atoms. The Labute approximate surface area is 165 Å². The van der Waals surface area contributed by atoms with Crippen molar-refractivity contribution in [3.05, 3.63) is 93.8 Å². The maximum atomic E-state index is 12.6. The molecule has 4 rings (SSSR count). The zero-order chi connectivity index (χ0) is 20.4. The van der Waals surface area contributed by atoms with Crippen molar-refractivity contribution in [2.24, 2.45) is 0 Å². The first-order valence-corrected chi connectivity index (χ1v) is 8.87. The lowest BCUT2D eigenvalue weighted by molar-refractivity contribution is 0.0458. The number of hydrogen-bond donors (Lipinski definition) is 0. The van der Waals surface area contributed by atoms with Gasteiger partial charge in [-0.15, -0.1) is 0 Å². The summed E-state index contributed by atoms with van der Waals surface area (Å²) in [6.07, 6.45) is 0. The molecule has 0 saturated carbocycles. The summed E-state index contributed by atoms with van der Waals surface area (Å²) < 4.78 is 15.5. The number of benzene rings is 3. The standard InChI is InChI=1S/C23H16O6/c1-27-22(25)17-8-4-5-9-18(17)23(26)28-13-15-12-20(24)29-19-11-10-14-6-2-3-7-16(14)21(15)19/h2-12H,13H2,1H3. The monoisotopic (exact) mass is 388 g/mol. The predicted molar refractivity (Wildman–Crippen MR) is 107 cm³/mol. The zero-order valence-corrected chi connectivity index (χ0v) is 15.5. The molecular weight excluding hydrogens is 372 g/mol. The van der Waals surface area contributed by atoms with Gasteiger partial charge in [0.2, 0.25) is 0 Å². The lowest BCUT2D eigenvalue weighted by Gasteiger charge is -2.11. The minimum atomic E-state index is -0.687. The summed E-state index contributed by atoms with van der Waals surface area (Å²) in [7, 11) is 1.24. The Hall–Kier alpha value is -3.93. The van der Waals surface area contributed by atoms with E-state index in [2.05, 4.69) is 0 Å². The number of carbonyl (C=O) groups excluding carboxylic acids is 2. The van der Waals surface area contributed by atoms with Crippen molar-refractivity contribution in [3.8, 4) is 0 Å². The van der Waals surface area contributed by atoms with Crippen LogP contribution < -0.4 is 5.63 Å². The van der Waals surface area contributed by atoms with Crippen molar-refractivity contribution >= 4 is 33.7 Å².